The minimum atomic E-state index is -0.642. The van der Waals surface area contributed by atoms with E-state index in [1.807, 2.05) is 32.9 Å². The van der Waals surface area contributed by atoms with E-state index in [2.05, 4.69) is 31.1 Å². The third-order valence-electron chi connectivity index (χ3n) is 4.50. The number of benzene rings is 1. The summed E-state index contributed by atoms with van der Waals surface area (Å²) in [5, 5.41) is 13.0. The number of pyridine rings is 1. The summed E-state index contributed by atoms with van der Waals surface area (Å²) in [5.74, 6) is -0.864. The monoisotopic (exact) mass is 383 g/mol. The molecule has 1 aromatic heterocycles. The molecule has 2 aromatic rings. The van der Waals surface area contributed by atoms with E-state index in [9.17, 15) is 14.7 Å². The Balaban J connectivity index is 2.35. The maximum atomic E-state index is 12.7. The van der Waals surface area contributed by atoms with Crippen LogP contribution in [0.3, 0.4) is 0 Å². The minimum Gasteiger partial charge on any atom is -0.508 e. The van der Waals surface area contributed by atoms with Crippen LogP contribution < -0.4 is 11.1 Å². The van der Waals surface area contributed by atoms with E-state index in [0.717, 1.165) is 5.56 Å². The smallest absolute Gasteiger partial charge is 0.267 e. The zero-order chi connectivity index (χ0) is 21.3. The van der Waals surface area contributed by atoms with Crippen LogP contribution >= 0.6 is 0 Å². The number of phenols is 1. The number of phenolic OH excluding ortho intramolecular Hbond substituents is 1. The van der Waals surface area contributed by atoms with Gasteiger partial charge in [-0.05, 0) is 28.5 Å². The predicted molar refractivity (Wildman–Crippen MR) is 111 cm³/mol. The van der Waals surface area contributed by atoms with Crippen LogP contribution in [0, 0.1) is 0 Å². The lowest BCUT2D eigenvalue weighted by Crippen LogP contribution is -2.26. The Bertz CT molecular complexity index is 906. The standard InChI is InChI=1S/C22H29N3O3/c1-21(2,3)14-7-8-16(26)13(11-14)12-17(27)25-15-9-10-24-19(20(23)28)18(15)22(4,5)6/h7-11,26H,12H2,1-6H3,(H2,23,28)(H,24,25,27). The van der Waals surface area contributed by atoms with Gasteiger partial charge in [-0.3, -0.25) is 14.6 Å². The molecule has 0 bridgehead atoms. The van der Waals surface area contributed by atoms with Crippen LogP contribution in [-0.2, 0) is 22.0 Å². The molecule has 1 heterocycles. The van der Waals surface area contributed by atoms with E-state index in [0.29, 0.717) is 16.8 Å². The Morgan fingerprint density at radius 3 is 2.25 bits per heavy atom. The summed E-state index contributed by atoms with van der Waals surface area (Å²) in [6, 6.07) is 6.97. The molecule has 2 amide bonds. The van der Waals surface area contributed by atoms with Gasteiger partial charge in [0.2, 0.25) is 5.91 Å². The van der Waals surface area contributed by atoms with Crippen molar-refractivity contribution in [1.29, 1.82) is 0 Å². The van der Waals surface area contributed by atoms with Gasteiger partial charge < -0.3 is 16.2 Å². The van der Waals surface area contributed by atoms with Crippen LogP contribution in [0.4, 0.5) is 5.69 Å². The van der Waals surface area contributed by atoms with Crippen LogP contribution in [0.2, 0.25) is 0 Å². The van der Waals surface area contributed by atoms with E-state index in [-0.39, 0.29) is 29.2 Å². The van der Waals surface area contributed by atoms with Crippen molar-refractivity contribution in [2.24, 2.45) is 5.73 Å². The van der Waals surface area contributed by atoms with E-state index in [1.165, 1.54) is 6.20 Å². The predicted octanol–water partition coefficient (Wildman–Crippen LogP) is 3.66. The third-order valence-corrected chi connectivity index (χ3v) is 4.50. The summed E-state index contributed by atoms with van der Waals surface area (Å²) in [6.07, 6.45) is 1.45. The number of amides is 2. The number of hydrogen-bond donors (Lipinski definition) is 3. The van der Waals surface area contributed by atoms with Gasteiger partial charge in [-0.15, -0.1) is 0 Å². The maximum absolute atomic E-state index is 12.7. The lowest BCUT2D eigenvalue weighted by atomic mass is 9.84. The normalized spacial score (nSPS) is 11.9. The number of carbonyl (C=O) groups is 2. The number of nitrogens with two attached hydrogens (primary N) is 1. The van der Waals surface area contributed by atoms with Crippen LogP contribution in [-0.4, -0.2) is 21.9 Å². The van der Waals surface area contributed by atoms with E-state index < -0.39 is 11.3 Å². The number of anilines is 1. The first-order valence-corrected chi connectivity index (χ1v) is 9.22. The Kier molecular flexibility index (Phi) is 5.83. The maximum Gasteiger partial charge on any atom is 0.267 e. The van der Waals surface area contributed by atoms with Gasteiger partial charge in [0.15, 0.2) is 0 Å². The highest BCUT2D eigenvalue weighted by Crippen LogP contribution is 2.32. The van der Waals surface area contributed by atoms with Crippen molar-refractivity contribution in [1.82, 2.24) is 4.98 Å². The first kappa shape index (κ1) is 21.4. The molecule has 0 fully saturated rings. The molecule has 28 heavy (non-hydrogen) atoms. The Morgan fingerprint density at radius 2 is 1.71 bits per heavy atom. The van der Waals surface area contributed by atoms with Crippen LogP contribution in [0.5, 0.6) is 5.75 Å². The molecule has 6 nitrogen and oxygen atoms in total. The molecule has 0 saturated carbocycles. The van der Waals surface area contributed by atoms with Crippen molar-refractivity contribution in [2.75, 3.05) is 5.32 Å². The molecule has 0 atom stereocenters. The summed E-state index contributed by atoms with van der Waals surface area (Å²) >= 11 is 0. The molecule has 6 heteroatoms. The van der Waals surface area contributed by atoms with Crippen LogP contribution in [0.1, 0.15) is 68.7 Å². The zero-order valence-electron chi connectivity index (χ0n) is 17.4. The van der Waals surface area contributed by atoms with Crippen molar-refractivity contribution in [3.8, 4) is 5.75 Å². The Labute approximate surface area is 166 Å². The molecular weight excluding hydrogens is 354 g/mol. The molecule has 4 N–H and O–H groups in total. The van der Waals surface area contributed by atoms with E-state index >= 15 is 0 Å². The molecule has 0 saturated heterocycles. The molecule has 0 aliphatic rings. The Morgan fingerprint density at radius 1 is 1.07 bits per heavy atom. The fourth-order valence-electron chi connectivity index (χ4n) is 3.07. The van der Waals surface area contributed by atoms with Crippen molar-refractivity contribution < 1.29 is 14.7 Å². The van der Waals surface area contributed by atoms with Crippen molar-refractivity contribution in [3.05, 3.63) is 52.8 Å². The highest BCUT2D eigenvalue weighted by molar-refractivity contribution is 5.98. The van der Waals surface area contributed by atoms with E-state index in [1.54, 1.807) is 12.1 Å². The van der Waals surface area contributed by atoms with Gasteiger partial charge in [0.1, 0.15) is 11.4 Å². The van der Waals surface area contributed by atoms with Gasteiger partial charge in [0.05, 0.1) is 6.42 Å². The average Bonchev–Trinajstić information content (AvgIpc) is 2.54. The summed E-state index contributed by atoms with van der Waals surface area (Å²) < 4.78 is 0. The number of nitrogens with one attached hydrogen (secondary N) is 1. The molecule has 150 valence electrons. The average molecular weight is 383 g/mol. The molecule has 2 rings (SSSR count). The molecule has 0 unspecified atom stereocenters. The minimum absolute atomic E-state index is 0.00750. The fourth-order valence-corrected chi connectivity index (χ4v) is 3.07. The van der Waals surface area contributed by atoms with Crippen molar-refractivity contribution in [3.63, 3.8) is 0 Å². The second kappa shape index (κ2) is 7.62. The molecular formula is C22H29N3O3. The lowest BCUT2D eigenvalue weighted by Gasteiger charge is -2.25. The van der Waals surface area contributed by atoms with Crippen molar-refractivity contribution in [2.45, 2.75) is 58.8 Å². The molecule has 0 radical (unpaired) electrons. The highest BCUT2D eigenvalue weighted by atomic mass is 16.3. The molecule has 0 aliphatic carbocycles. The molecule has 0 spiro atoms. The van der Waals surface area contributed by atoms with Gasteiger partial charge in [-0.25, -0.2) is 0 Å². The number of aromatic nitrogens is 1. The SMILES string of the molecule is CC(C)(C)c1ccc(O)c(CC(=O)Nc2ccnc(C(N)=O)c2C(C)(C)C)c1. The summed E-state index contributed by atoms with van der Waals surface area (Å²) in [6.45, 7) is 12.0. The number of rotatable bonds is 4. The second-order valence-electron chi connectivity index (χ2n) is 9.01. The number of hydrogen-bond acceptors (Lipinski definition) is 4. The summed E-state index contributed by atoms with van der Waals surface area (Å²) in [7, 11) is 0. The highest BCUT2D eigenvalue weighted by Gasteiger charge is 2.26. The number of aromatic hydroxyl groups is 1. The zero-order valence-corrected chi connectivity index (χ0v) is 17.4. The second-order valence-corrected chi connectivity index (χ2v) is 9.01. The number of nitrogens with zero attached hydrogens (tertiary/aromatic N) is 1. The number of carbonyl (C=O) groups excluding carboxylic acids is 2. The topological polar surface area (TPSA) is 105 Å². The quantitative estimate of drug-likeness (QED) is 0.749. The van der Waals surface area contributed by atoms with Gasteiger partial charge in [-0.2, -0.15) is 0 Å². The first-order valence-electron chi connectivity index (χ1n) is 9.22. The van der Waals surface area contributed by atoms with E-state index in [4.69, 9.17) is 5.73 Å². The first-order chi connectivity index (χ1) is 12.8. The summed E-state index contributed by atoms with van der Waals surface area (Å²) in [5.41, 5.74) is 7.72. The van der Waals surface area contributed by atoms with Crippen LogP contribution in [0.15, 0.2) is 30.5 Å². The lowest BCUT2D eigenvalue weighted by molar-refractivity contribution is -0.115. The van der Waals surface area contributed by atoms with Crippen molar-refractivity contribution >= 4 is 17.5 Å². The largest absolute Gasteiger partial charge is 0.508 e. The fraction of sp³-hybridized carbons (Fsp3) is 0.409. The van der Waals surface area contributed by atoms with Crippen LogP contribution in [0.25, 0.3) is 0 Å². The molecule has 0 aliphatic heterocycles. The van der Waals surface area contributed by atoms with Gasteiger partial charge >= 0.3 is 0 Å². The van der Waals surface area contributed by atoms with Gasteiger partial charge in [0.25, 0.3) is 5.91 Å². The third kappa shape index (κ3) is 4.88. The molecule has 1 aromatic carbocycles. The Hall–Kier alpha value is -2.89. The van der Waals surface area contributed by atoms with Gasteiger partial charge in [0, 0.05) is 23.0 Å². The van der Waals surface area contributed by atoms with Gasteiger partial charge in [-0.1, -0.05) is 53.7 Å². The summed E-state index contributed by atoms with van der Waals surface area (Å²) in [4.78, 5) is 28.6. The number of primary amides is 1.